The van der Waals surface area contributed by atoms with Gasteiger partial charge in [0.15, 0.2) is 0 Å². The van der Waals surface area contributed by atoms with Crippen LogP contribution < -0.4 is 5.73 Å². The number of aryl methyl sites for hydroxylation is 1. The third kappa shape index (κ3) is 3.40. The summed E-state index contributed by atoms with van der Waals surface area (Å²) in [5.74, 6) is 0. The van der Waals surface area contributed by atoms with Gasteiger partial charge < -0.3 is 5.73 Å². The van der Waals surface area contributed by atoms with E-state index in [9.17, 15) is 0 Å². The summed E-state index contributed by atoms with van der Waals surface area (Å²) in [5, 5.41) is 3.34. The highest BCUT2D eigenvalue weighted by Gasteiger charge is 2.16. The number of hydrogen-bond acceptors (Lipinski definition) is 3. The number of nitrogens with zero attached hydrogens (tertiary/aromatic N) is 1. The molecular formula is C15H20N2S. The zero-order valence-corrected chi connectivity index (χ0v) is 11.8. The van der Waals surface area contributed by atoms with Crippen molar-refractivity contribution in [3.8, 4) is 11.3 Å². The Balaban J connectivity index is 2.03. The summed E-state index contributed by atoms with van der Waals surface area (Å²) in [5.41, 5.74) is 8.23. The molecule has 0 atom stereocenters. The highest BCUT2D eigenvalue weighted by Crippen LogP contribution is 2.25. The smallest absolute Gasteiger partial charge is 0.0932 e. The van der Waals surface area contributed by atoms with Crippen LogP contribution in [-0.4, -0.2) is 11.5 Å². The molecule has 0 amide bonds. The first-order valence-electron chi connectivity index (χ1n) is 6.31. The fourth-order valence-electron chi connectivity index (χ4n) is 1.71. The summed E-state index contributed by atoms with van der Waals surface area (Å²) in [6.07, 6.45) is 2.10. The van der Waals surface area contributed by atoms with Crippen LogP contribution in [0.2, 0.25) is 0 Å². The molecule has 0 spiro atoms. The van der Waals surface area contributed by atoms with Crippen LogP contribution in [-0.2, 0) is 6.42 Å². The monoisotopic (exact) mass is 260 g/mol. The van der Waals surface area contributed by atoms with Gasteiger partial charge in [0, 0.05) is 10.9 Å². The fraction of sp³-hybridized carbons (Fsp3) is 0.400. The molecule has 0 aliphatic heterocycles. The number of thiazole rings is 1. The van der Waals surface area contributed by atoms with Crippen LogP contribution in [0, 0.1) is 5.41 Å². The molecule has 18 heavy (non-hydrogen) atoms. The average molecular weight is 260 g/mol. The van der Waals surface area contributed by atoms with Crippen molar-refractivity contribution in [1.82, 2.24) is 4.98 Å². The first-order valence-corrected chi connectivity index (χ1v) is 7.18. The quantitative estimate of drug-likeness (QED) is 0.889. The van der Waals surface area contributed by atoms with Gasteiger partial charge in [0.25, 0.3) is 0 Å². The molecule has 2 rings (SSSR count). The summed E-state index contributed by atoms with van der Waals surface area (Å²) in [6, 6.07) is 10.3. The van der Waals surface area contributed by atoms with E-state index in [1.54, 1.807) is 11.3 Å². The van der Waals surface area contributed by atoms with E-state index in [4.69, 9.17) is 10.7 Å². The maximum atomic E-state index is 5.75. The predicted octanol–water partition coefficient (Wildman–Crippen LogP) is 3.73. The second kappa shape index (κ2) is 5.63. The molecular weight excluding hydrogens is 240 g/mol. The number of nitrogens with two attached hydrogens (primary N) is 1. The molecule has 0 radical (unpaired) electrons. The Labute approximate surface area is 113 Å². The van der Waals surface area contributed by atoms with Gasteiger partial charge in [-0.05, 0) is 24.8 Å². The largest absolute Gasteiger partial charge is 0.330 e. The molecule has 1 heterocycles. The molecule has 0 aliphatic carbocycles. The Bertz CT molecular complexity index is 488. The van der Waals surface area contributed by atoms with E-state index in [1.165, 1.54) is 10.6 Å². The van der Waals surface area contributed by atoms with Crippen molar-refractivity contribution in [2.45, 2.75) is 26.7 Å². The molecule has 1 aromatic carbocycles. The van der Waals surface area contributed by atoms with Gasteiger partial charge in [-0.2, -0.15) is 0 Å². The SMILES string of the molecule is CC(C)(CN)CCc1nc(-c2ccccc2)cs1. The Morgan fingerprint density at radius 2 is 1.94 bits per heavy atom. The first-order chi connectivity index (χ1) is 8.61. The van der Waals surface area contributed by atoms with E-state index < -0.39 is 0 Å². The maximum absolute atomic E-state index is 5.75. The van der Waals surface area contributed by atoms with E-state index in [2.05, 4.69) is 31.4 Å². The average Bonchev–Trinajstić information content (AvgIpc) is 2.86. The molecule has 2 nitrogen and oxygen atoms in total. The predicted molar refractivity (Wildman–Crippen MR) is 78.7 cm³/mol. The van der Waals surface area contributed by atoms with Crippen molar-refractivity contribution in [2.24, 2.45) is 11.1 Å². The van der Waals surface area contributed by atoms with E-state index in [1.807, 2.05) is 18.2 Å². The Kier molecular flexibility index (Phi) is 4.15. The van der Waals surface area contributed by atoms with Crippen molar-refractivity contribution in [3.05, 3.63) is 40.7 Å². The summed E-state index contributed by atoms with van der Waals surface area (Å²) >= 11 is 1.74. The Hall–Kier alpha value is -1.19. The van der Waals surface area contributed by atoms with Crippen LogP contribution in [0.4, 0.5) is 0 Å². The van der Waals surface area contributed by atoms with E-state index in [0.29, 0.717) is 0 Å². The van der Waals surface area contributed by atoms with Gasteiger partial charge >= 0.3 is 0 Å². The van der Waals surface area contributed by atoms with Crippen molar-refractivity contribution >= 4 is 11.3 Å². The van der Waals surface area contributed by atoms with E-state index >= 15 is 0 Å². The van der Waals surface area contributed by atoms with Crippen molar-refractivity contribution in [1.29, 1.82) is 0 Å². The van der Waals surface area contributed by atoms with Crippen LogP contribution in [0.25, 0.3) is 11.3 Å². The number of benzene rings is 1. The van der Waals surface area contributed by atoms with E-state index in [0.717, 1.165) is 25.1 Å². The maximum Gasteiger partial charge on any atom is 0.0932 e. The molecule has 2 aromatic rings. The molecule has 0 saturated heterocycles. The van der Waals surface area contributed by atoms with Gasteiger partial charge in [-0.15, -0.1) is 11.3 Å². The third-order valence-corrected chi connectivity index (χ3v) is 4.10. The standard InChI is InChI=1S/C15H20N2S/c1-15(2,11-16)9-8-14-17-13(10-18-14)12-6-4-3-5-7-12/h3-7,10H,8-9,11,16H2,1-2H3. The summed E-state index contributed by atoms with van der Waals surface area (Å²) < 4.78 is 0. The molecule has 3 heteroatoms. The van der Waals surface area contributed by atoms with E-state index in [-0.39, 0.29) is 5.41 Å². The molecule has 0 unspecified atom stereocenters. The lowest BCUT2D eigenvalue weighted by Crippen LogP contribution is -2.23. The summed E-state index contributed by atoms with van der Waals surface area (Å²) in [6.45, 7) is 5.14. The summed E-state index contributed by atoms with van der Waals surface area (Å²) in [7, 11) is 0. The molecule has 1 aromatic heterocycles. The Morgan fingerprint density at radius 3 is 2.61 bits per heavy atom. The zero-order chi connectivity index (χ0) is 13.0. The normalized spacial score (nSPS) is 11.7. The number of hydrogen-bond donors (Lipinski definition) is 1. The molecule has 2 N–H and O–H groups in total. The van der Waals surface area contributed by atoms with Gasteiger partial charge in [-0.1, -0.05) is 44.2 Å². The molecule has 0 bridgehead atoms. The van der Waals surface area contributed by atoms with Crippen molar-refractivity contribution < 1.29 is 0 Å². The second-order valence-electron chi connectivity index (χ2n) is 5.36. The first kappa shape index (κ1) is 13.2. The fourth-order valence-corrected chi connectivity index (χ4v) is 2.52. The molecule has 0 aliphatic rings. The van der Waals surface area contributed by atoms with Gasteiger partial charge in [0.1, 0.15) is 0 Å². The van der Waals surface area contributed by atoms with Crippen LogP contribution in [0.1, 0.15) is 25.3 Å². The summed E-state index contributed by atoms with van der Waals surface area (Å²) in [4.78, 5) is 4.70. The van der Waals surface area contributed by atoms with Crippen molar-refractivity contribution in [2.75, 3.05) is 6.54 Å². The van der Waals surface area contributed by atoms with Gasteiger partial charge in [-0.25, -0.2) is 4.98 Å². The minimum Gasteiger partial charge on any atom is -0.330 e. The number of rotatable bonds is 5. The Morgan fingerprint density at radius 1 is 1.22 bits per heavy atom. The van der Waals surface area contributed by atoms with Crippen LogP contribution in [0.5, 0.6) is 0 Å². The lowest BCUT2D eigenvalue weighted by molar-refractivity contribution is 0.348. The highest BCUT2D eigenvalue weighted by molar-refractivity contribution is 7.09. The minimum absolute atomic E-state index is 0.207. The van der Waals surface area contributed by atoms with Crippen LogP contribution in [0.15, 0.2) is 35.7 Å². The lowest BCUT2D eigenvalue weighted by Gasteiger charge is -2.21. The zero-order valence-electron chi connectivity index (χ0n) is 11.0. The van der Waals surface area contributed by atoms with Crippen LogP contribution >= 0.6 is 11.3 Å². The molecule has 0 saturated carbocycles. The minimum atomic E-state index is 0.207. The van der Waals surface area contributed by atoms with Gasteiger partial charge in [-0.3, -0.25) is 0 Å². The van der Waals surface area contributed by atoms with Crippen molar-refractivity contribution in [3.63, 3.8) is 0 Å². The highest BCUT2D eigenvalue weighted by atomic mass is 32.1. The molecule has 0 fully saturated rings. The topological polar surface area (TPSA) is 38.9 Å². The molecule has 96 valence electrons. The number of aromatic nitrogens is 1. The second-order valence-corrected chi connectivity index (χ2v) is 6.30. The van der Waals surface area contributed by atoms with Gasteiger partial charge in [0.2, 0.25) is 0 Å². The third-order valence-electron chi connectivity index (χ3n) is 3.19. The lowest BCUT2D eigenvalue weighted by atomic mass is 9.88. The van der Waals surface area contributed by atoms with Crippen LogP contribution in [0.3, 0.4) is 0 Å². The van der Waals surface area contributed by atoms with Gasteiger partial charge in [0.05, 0.1) is 10.7 Å².